The zero-order chi connectivity index (χ0) is 30.3. The van der Waals surface area contributed by atoms with Crippen molar-refractivity contribution in [3.05, 3.63) is 53.2 Å². The van der Waals surface area contributed by atoms with Crippen LogP contribution < -0.4 is 9.47 Å². The first-order valence-electron chi connectivity index (χ1n) is 13.9. The minimum atomic E-state index is -4.20. The van der Waals surface area contributed by atoms with Crippen LogP contribution in [0.5, 0.6) is 11.5 Å². The van der Waals surface area contributed by atoms with Crippen LogP contribution >= 0.6 is 0 Å². The Balaban J connectivity index is 1.98. The molecule has 2 heterocycles. The van der Waals surface area contributed by atoms with Crippen molar-refractivity contribution in [2.45, 2.75) is 79.0 Å². The number of benzene rings is 2. The average Bonchev–Trinajstić information content (AvgIpc) is 3.21. The Labute approximate surface area is 242 Å². The Morgan fingerprint density at radius 2 is 1.34 bits per heavy atom. The highest BCUT2D eigenvalue weighted by Gasteiger charge is 2.33. The Morgan fingerprint density at radius 3 is 1.90 bits per heavy atom. The molecule has 9 heteroatoms. The summed E-state index contributed by atoms with van der Waals surface area (Å²) in [6.07, 6.45) is -0.00715. The molecule has 0 amide bonds. The van der Waals surface area contributed by atoms with E-state index < -0.39 is 20.9 Å². The Bertz CT molecular complexity index is 1620. The molecule has 1 aliphatic heterocycles. The third-order valence-electron chi connectivity index (χ3n) is 7.36. The molecule has 220 valence electrons. The number of fused-ring (bicyclic) bond motifs is 2. The molecule has 3 aromatic rings. The van der Waals surface area contributed by atoms with Crippen molar-refractivity contribution < 1.29 is 32.3 Å². The van der Waals surface area contributed by atoms with E-state index >= 15 is 0 Å². The van der Waals surface area contributed by atoms with Crippen LogP contribution in [0.15, 0.2) is 41.3 Å². The number of hydrogen-bond acceptors (Lipinski definition) is 7. The van der Waals surface area contributed by atoms with Crippen molar-refractivity contribution in [2.24, 2.45) is 10.8 Å². The van der Waals surface area contributed by atoms with Gasteiger partial charge in [-0.25, -0.2) is 12.4 Å². The third kappa shape index (κ3) is 6.25. The molecule has 0 unspecified atom stereocenters. The molecule has 0 fully saturated rings. The molecule has 0 saturated heterocycles. The van der Waals surface area contributed by atoms with Crippen LogP contribution in [0.2, 0.25) is 0 Å². The summed E-state index contributed by atoms with van der Waals surface area (Å²) in [5.74, 6) is 0.293. The van der Waals surface area contributed by atoms with Crippen LogP contribution in [-0.2, 0) is 26.0 Å². The first-order valence-corrected chi connectivity index (χ1v) is 15.3. The number of aryl methyl sites for hydroxylation is 1. The fourth-order valence-corrected chi connectivity index (χ4v) is 6.38. The fourth-order valence-electron chi connectivity index (χ4n) is 4.81. The highest BCUT2D eigenvalue weighted by molar-refractivity contribution is 7.90. The van der Waals surface area contributed by atoms with Gasteiger partial charge >= 0.3 is 0 Å². The number of carbonyl (C=O) groups is 3. The number of hydrogen-bond donors (Lipinski definition) is 0. The number of ether oxygens (including phenoxy) is 2. The highest BCUT2D eigenvalue weighted by atomic mass is 32.2. The second kappa shape index (κ2) is 11.1. The van der Waals surface area contributed by atoms with E-state index in [4.69, 9.17) is 9.47 Å². The summed E-state index contributed by atoms with van der Waals surface area (Å²) in [7, 11) is -4.20. The van der Waals surface area contributed by atoms with Crippen LogP contribution in [-0.4, -0.2) is 43.0 Å². The number of Topliss-reactive ketones (excluding diaryl/α,β-unsaturated/α-hetero) is 3. The van der Waals surface area contributed by atoms with Crippen molar-refractivity contribution in [2.75, 3.05) is 13.2 Å². The molecule has 0 saturated carbocycles. The molecule has 0 N–H and O–H groups in total. The molecule has 0 radical (unpaired) electrons. The van der Waals surface area contributed by atoms with E-state index in [0.29, 0.717) is 30.1 Å². The van der Waals surface area contributed by atoms with Gasteiger partial charge in [0.05, 0.1) is 10.4 Å². The largest absolute Gasteiger partial charge is 0.486 e. The van der Waals surface area contributed by atoms with Gasteiger partial charge in [0.2, 0.25) is 0 Å². The molecule has 0 spiro atoms. The predicted octanol–water partition coefficient (Wildman–Crippen LogP) is 6.08. The quantitative estimate of drug-likeness (QED) is 0.282. The van der Waals surface area contributed by atoms with Crippen LogP contribution in [0.4, 0.5) is 0 Å². The van der Waals surface area contributed by atoms with E-state index in [1.54, 1.807) is 65.8 Å². The Kier molecular flexibility index (Phi) is 8.24. The van der Waals surface area contributed by atoms with E-state index in [1.165, 1.54) is 16.1 Å². The van der Waals surface area contributed by atoms with E-state index in [1.807, 2.05) is 6.92 Å². The lowest BCUT2D eigenvalue weighted by Crippen LogP contribution is -2.23. The topological polar surface area (TPSA) is 109 Å². The van der Waals surface area contributed by atoms with Crippen molar-refractivity contribution in [1.29, 1.82) is 0 Å². The maximum Gasteiger partial charge on any atom is 0.268 e. The second-order valence-electron chi connectivity index (χ2n) is 12.7. The number of aromatic nitrogens is 1. The number of nitrogens with zero attached hydrogens (tertiary/aromatic N) is 1. The normalized spacial score (nSPS) is 13.8. The zero-order valence-electron chi connectivity index (χ0n) is 24.9. The number of ketones is 3. The first kappa shape index (κ1) is 30.5. The molecular formula is C32H39NO7S. The van der Waals surface area contributed by atoms with Gasteiger partial charge < -0.3 is 9.47 Å². The summed E-state index contributed by atoms with van der Waals surface area (Å²) in [5.41, 5.74) is 0.311. The summed E-state index contributed by atoms with van der Waals surface area (Å²) in [4.78, 5) is 39.7. The van der Waals surface area contributed by atoms with Gasteiger partial charge in [0.25, 0.3) is 10.0 Å². The monoisotopic (exact) mass is 581 g/mol. The van der Waals surface area contributed by atoms with E-state index in [0.717, 1.165) is 5.56 Å². The van der Waals surface area contributed by atoms with E-state index in [-0.39, 0.29) is 64.7 Å². The summed E-state index contributed by atoms with van der Waals surface area (Å²) >= 11 is 0. The van der Waals surface area contributed by atoms with Gasteiger partial charge in [-0.05, 0) is 31.5 Å². The summed E-state index contributed by atoms with van der Waals surface area (Å²) in [5, 5.41) is 0.386. The Hall–Kier alpha value is -3.46. The van der Waals surface area contributed by atoms with E-state index in [2.05, 4.69) is 0 Å². The molecule has 41 heavy (non-hydrogen) atoms. The van der Waals surface area contributed by atoms with Gasteiger partial charge in [0.1, 0.15) is 24.8 Å². The Morgan fingerprint density at radius 1 is 0.805 bits per heavy atom. The first-order chi connectivity index (χ1) is 19.0. The van der Waals surface area contributed by atoms with Crippen molar-refractivity contribution >= 4 is 38.3 Å². The van der Waals surface area contributed by atoms with Crippen LogP contribution in [0.1, 0.15) is 82.4 Å². The number of rotatable bonds is 9. The minimum Gasteiger partial charge on any atom is -0.486 e. The summed E-state index contributed by atoms with van der Waals surface area (Å²) < 4.78 is 41.3. The van der Waals surface area contributed by atoms with Gasteiger partial charge in [-0.3, -0.25) is 14.4 Å². The van der Waals surface area contributed by atoms with Crippen molar-refractivity contribution in [3.63, 3.8) is 0 Å². The molecule has 8 nitrogen and oxygen atoms in total. The molecule has 2 aromatic carbocycles. The highest BCUT2D eigenvalue weighted by Crippen LogP contribution is 2.41. The van der Waals surface area contributed by atoms with Gasteiger partial charge in [-0.15, -0.1) is 0 Å². The smallest absolute Gasteiger partial charge is 0.268 e. The van der Waals surface area contributed by atoms with Crippen molar-refractivity contribution in [1.82, 2.24) is 3.97 Å². The SMILES string of the molecule is Cc1ccc(S(=O)(=O)n2c(CCC(=O)C(C)(C)C)c(C(=O)CCC(=O)C(C)(C)C)c3cc4c(cc32)OCCO4)cc1. The molecule has 1 aliphatic rings. The third-order valence-corrected chi connectivity index (χ3v) is 9.13. The van der Waals surface area contributed by atoms with Crippen molar-refractivity contribution in [3.8, 4) is 11.5 Å². The summed E-state index contributed by atoms with van der Waals surface area (Å²) in [6.45, 7) is 13.3. The second-order valence-corrected chi connectivity index (χ2v) is 14.5. The number of carbonyl (C=O) groups excluding carboxylic acids is 3. The molecule has 0 aliphatic carbocycles. The standard InChI is InChI=1S/C32H39NO7S/c1-20-8-10-21(11-9-20)41(37,38)33-23(12-14-28(35)31(2,3)4)30(25(34)13-15-29(36)32(5,6)7)22-18-26-27(19-24(22)33)40-17-16-39-26/h8-11,18-19H,12-17H2,1-7H3. The molecule has 0 atom stereocenters. The zero-order valence-corrected chi connectivity index (χ0v) is 25.7. The maximum atomic E-state index is 14.3. The van der Waals surface area contributed by atoms with Gasteiger partial charge in [-0.2, -0.15) is 0 Å². The molecule has 4 rings (SSSR count). The summed E-state index contributed by atoms with van der Waals surface area (Å²) in [6, 6.07) is 9.71. The van der Waals surface area contributed by atoms with Gasteiger partial charge in [0, 0.05) is 52.8 Å². The minimum absolute atomic E-state index is 0.0185. The molecule has 0 bridgehead atoms. The lowest BCUT2D eigenvalue weighted by atomic mass is 9.86. The van der Waals surface area contributed by atoms with Crippen LogP contribution in [0.25, 0.3) is 10.9 Å². The van der Waals surface area contributed by atoms with E-state index in [9.17, 15) is 22.8 Å². The van der Waals surface area contributed by atoms with Gasteiger partial charge in [0.15, 0.2) is 17.3 Å². The lowest BCUT2D eigenvalue weighted by Gasteiger charge is -2.19. The fraction of sp³-hybridized carbons (Fsp3) is 0.469. The average molecular weight is 582 g/mol. The maximum absolute atomic E-state index is 14.3. The molecular weight excluding hydrogens is 542 g/mol. The lowest BCUT2D eigenvalue weighted by molar-refractivity contribution is -0.126. The van der Waals surface area contributed by atoms with Crippen LogP contribution in [0.3, 0.4) is 0 Å². The predicted molar refractivity (Wildman–Crippen MR) is 158 cm³/mol. The van der Waals surface area contributed by atoms with Crippen LogP contribution in [0, 0.1) is 17.8 Å². The molecule has 1 aromatic heterocycles. The van der Waals surface area contributed by atoms with Gasteiger partial charge in [-0.1, -0.05) is 59.2 Å².